The van der Waals surface area contributed by atoms with Crippen molar-refractivity contribution in [2.24, 2.45) is 5.73 Å². The lowest BCUT2D eigenvalue weighted by molar-refractivity contribution is 0.0751. The minimum absolute atomic E-state index is 0. The standard InChI is InChI=1S/C20H22N2O2.ClH/c21-20(11-3-4-12-20)14-23-13-15-7-9-16(10-8-15)19-22-17-5-1-2-6-18(17)24-19;/h1-2,5-10H,3-4,11-14,21H2;1H. The molecule has 4 rings (SSSR count). The summed E-state index contributed by atoms with van der Waals surface area (Å²) in [5, 5.41) is 0. The van der Waals surface area contributed by atoms with Gasteiger partial charge in [0.25, 0.3) is 0 Å². The highest BCUT2D eigenvalue weighted by Crippen LogP contribution is 2.28. The minimum Gasteiger partial charge on any atom is -0.436 e. The molecule has 0 atom stereocenters. The van der Waals surface area contributed by atoms with Gasteiger partial charge in [-0.25, -0.2) is 4.98 Å². The molecule has 1 aliphatic carbocycles. The number of hydrogen-bond donors (Lipinski definition) is 1. The van der Waals surface area contributed by atoms with Crippen LogP contribution in [0.1, 0.15) is 31.2 Å². The van der Waals surface area contributed by atoms with Gasteiger partial charge in [0, 0.05) is 11.1 Å². The highest BCUT2D eigenvalue weighted by Gasteiger charge is 2.29. The van der Waals surface area contributed by atoms with Crippen molar-refractivity contribution < 1.29 is 9.15 Å². The molecule has 0 aliphatic heterocycles. The Bertz CT molecular complexity index is 790. The maximum Gasteiger partial charge on any atom is 0.227 e. The van der Waals surface area contributed by atoms with Gasteiger partial charge in [-0.2, -0.15) is 0 Å². The average Bonchev–Trinajstić information content (AvgIpc) is 3.22. The molecule has 1 heterocycles. The van der Waals surface area contributed by atoms with Crippen molar-refractivity contribution >= 4 is 23.5 Å². The summed E-state index contributed by atoms with van der Waals surface area (Å²) < 4.78 is 11.6. The molecule has 0 radical (unpaired) electrons. The molecule has 3 aromatic rings. The normalized spacial score (nSPS) is 16.0. The molecule has 1 aromatic heterocycles. The molecule has 2 aromatic carbocycles. The molecule has 0 unspecified atom stereocenters. The van der Waals surface area contributed by atoms with Crippen molar-refractivity contribution in [2.75, 3.05) is 6.61 Å². The Morgan fingerprint density at radius 2 is 1.76 bits per heavy atom. The van der Waals surface area contributed by atoms with Crippen molar-refractivity contribution in [1.82, 2.24) is 4.98 Å². The predicted octanol–water partition coefficient (Wildman–Crippen LogP) is 4.70. The molecule has 0 amide bonds. The molecular formula is C20H23ClN2O2. The number of halogens is 1. The SMILES string of the molecule is Cl.NC1(COCc2ccc(-c3nc4ccccc4o3)cc2)CCCC1. The molecule has 1 saturated carbocycles. The zero-order chi connectivity index (χ0) is 16.4. The van der Waals surface area contributed by atoms with Crippen LogP contribution in [0.25, 0.3) is 22.6 Å². The van der Waals surface area contributed by atoms with E-state index in [2.05, 4.69) is 17.1 Å². The quantitative estimate of drug-likeness (QED) is 0.717. The Morgan fingerprint density at radius 3 is 2.48 bits per heavy atom. The van der Waals surface area contributed by atoms with Crippen molar-refractivity contribution in [1.29, 1.82) is 0 Å². The van der Waals surface area contributed by atoms with E-state index in [1.54, 1.807) is 0 Å². The Balaban J connectivity index is 0.00000182. The van der Waals surface area contributed by atoms with Gasteiger partial charge in [-0.3, -0.25) is 0 Å². The number of benzene rings is 2. The van der Waals surface area contributed by atoms with Crippen LogP contribution in [0.15, 0.2) is 52.9 Å². The first-order valence-electron chi connectivity index (χ1n) is 8.53. The van der Waals surface area contributed by atoms with Gasteiger partial charge in [-0.1, -0.05) is 37.1 Å². The van der Waals surface area contributed by atoms with E-state index >= 15 is 0 Å². The molecule has 2 N–H and O–H groups in total. The summed E-state index contributed by atoms with van der Waals surface area (Å²) in [6.45, 7) is 1.23. The molecule has 4 nitrogen and oxygen atoms in total. The van der Waals surface area contributed by atoms with E-state index in [9.17, 15) is 0 Å². The third-order valence-electron chi connectivity index (χ3n) is 4.75. The summed E-state index contributed by atoms with van der Waals surface area (Å²) >= 11 is 0. The van der Waals surface area contributed by atoms with Crippen LogP contribution in [0.5, 0.6) is 0 Å². The summed E-state index contributed by atoms with van der Waals surface area (Å²) in [6, 6.07) is 16.0. The number of oxazole rings is 1. The lowest BCUT2D eigenvalue weighted by atomic mass is 10.0. The van der Waals surface area contributed by atoms with Crippen molar-refractivity contribution in [3.63, 3.8) is 0 Å². The van der Waals surface area contributed by atoms with E-state index < -0.39 is 0 Å². The van der Waals surface area contributed by atoms with Crippen LogP contribution in [-0.2, 0) is 11.3 Å². The van der Waals surface area contributed by atoms with Crippen LogP contribution in [0.4, 0.5) is 0 Å². The van der Waals surface area contributed by atoms with Crippen LogP contribution < -0.4 is 5.73 Å². The second-order valence-corrected chi connectivity index (χ2v) is 6.75. The van der Waals surface area contributed by atoms with Crippen LogP contribution in [0.2, 0.25) is 0 Å². The van der Waals surface area contributed by atoms with Crippen molar-refractivity contribution in [3.05, 3.63) is 54.1 Å². The Labute approximate surface area is 153 Å². The minimum atomic E-state index is -0.113. The van der Waals surface area contributed by atoms with Gasteiger partial charge in [0.2, 0.25) is 5.89 Å². The monoisotopic (exact) mass is 358 g/mol. The number of ether oxygens (including phenoxy) is 1. The number of nitrogens with two attached hydrogens (primary N) is 1. The highest BCUT2D eigenvalue weighted by atomic mass is 35.5. The first-order valence-corrected chi connectivity index (χ1v) is 8.53. The molecule has 1 fully saturated rings. The fourth-order valence-electron chi connectivity index (χ4n) is 3.33. The second-order valence-electron chi connectivity index (χ2n) is 6.75. The van der Waals surface area contributed by atoms with E-state index in [1.165, 1.54) is 12.8 Å². The number of para-hydroxylation sites is 2. The largest absolute Gasteiger partial charge is 0.436 e. The van der Waals surface area contributed by atoms with Crippen molar-refractivity contribution in [3.8, 4) is 11.5 Å². The fraction of sp³-hybridized carbons (Fsp3) is 0.350. The lowest BCUT2D eigenvalue weighted by Crippen LogP contribution is -2.41. The highest BCUT2D eigenvalue weighted by molar-refractivity contribution is 5.85. The van der Waals surface area contributed by atoms with E-state index in [0.717, 1.165) is 35.1 Å². The Morgan fingerprint density at radius 1 is 1.04 bits per heavy atom. The third kappa shape index (κ3) is 4.03. The summed E-state index contributed by atoms with van der Waals surface area (Å²) in [5.74, 6) is 0.649. The molecular weight excluding hydrogens is 336 g/mol. The summed E-state index contributed by atoms with van der Waals surface area (Å²) in [5.41, 5.74) is 10.00. The number of rotatable bonds is 5. The van der Waals surface area contributed by atoms with Gasteiger partial charge in [-0.05, 0) is 42.7 Å². The van der Waals surface area contributed by atoms with Gasteiger partial charge in [0.05, 0.1) is 13.2 Å². The second kappa shape index (κ2) is 7.56. The molecule has 0 saturated heterocycles. The number of nitrogens with zero attached hydrogens (tertiary/aromatic N) is 1. The van der Waals surface area contributed by atoms with Crippen LogP contribution in [-0.4, -0.2) is 17.1 Å². The number of fused-ring (bicyclic) bond motifs is 1. The van der Waals surface area contributed by atoms with Gasteiger partial charge in [0.1, 0.15) is 5.52 Å². The van der Waals surface area contributed by atoms with Crippen LogP contribution >= 0.6 is 12.4 Å². The smallest absolute Gasteiger partial charge is 0.227 e. The van der Waals surface area contributed by atoms with Gasteiger partial charge >= 0.3 is 0 Å². The summed E-state index contributed by atoms with van der Waals surface area (Å²) in [6.07, 6.45) is 4.59. The first-order chi connectivity index (χ1) is 11.7. The number of hydrogen-bond acceptors (Lipinski definition) is 4. The van der Waals surface area contributed by atoms with E-state index in [4.69, 9.17) is 14.9 Å². The van der Waals surface area contributed by atoms with Gasteiger partial charge in [0.15, 0.2) is 5.58 Å². The Kier molecular flexibility index (Phi) is 5.42. The van der Waals surface area contributed by atoms with E-state index in [0.29, 0.717) is 19.1 Å². The van der Waals surface area contributed by atoms with Crippen LogP contribution in [0, 0.1) is 0 Å². The Hall–Kier alpha value is -1.88. The fourth-order valence-corrected chi connectivity index (χ4v) is 3.33. The van der Waals surface area contributed by atoms with Crippen LogP contribution in [0.3, 0.4) is 0 Å². The molecule has 0 spiro atoms. The summed E-state index contributed by atoms with van der Waals surface area (Å²) in [7, 11) is 0. The average molecular weight is 359 g/mol. The van der Waals surface area contributed by atoms with Crippen molar-refractivity contribution in [2.45, 2.75) is 37.8 Å². The lowest BCUT2D eigenvalue weighted by Gasteiger charge is -2.23. The first kappa shape index (κ1) is 17.9. The molecule has 25 heavy (non-hydrogen) atoms. The molecule has 0 bridgehead atoms. The van der Waals surface area contributed by atoms with Gasteiger partial charge < -0.3 is 14.9 Å². The van der Waals surface area contributed by atoms with E-state index in [1.807, 2.05) is 36.4 Å². The van der Waals surface area contributed by atoms with Gasteiger partial charge in [-0.15, -0.1) is 12.4 Å². The van der Waals surface area contributed by atoms with E-state index in [-0.39, 0.29) is 17.9 Å². The maximum absolute atomic E-state index is 6.31. The molecule has 1 aliphatic rings. The maximum atomic E-state index is 6.31. The zero-order valence-corrected chi connectivity index (χ0v) is 14.9. The molecule has 5 heteroatoms. The molecule has 132 valence electrons. The zero-order valence-electron chi connectivity index (χ0n) is 14.1. The topological polar surface area (TPSA) is 61.3 Å². The third-order valence-corrected chi connectivity index (χ3v) is 4.75. The number of aromatic nitrogens is 1. The predicted molar refractivity (Wildman–Crippen MR) is 102 cm³/mol. The summed E-state index contributed by atoms with van der Waals surface area (Å²) in [4.78, 5) is 4.52.